The van der Waals surface area contributed by atoms with E-state index >= 15 is 0 Å². The summed E-state index contributed by atoms with van der Waals surface area (Å²) < 4.78 is 24.3. The summed E-state index contributed by atoms with van der Waals surface area (Å²) in [7, 11) is 2.95. The molecule has 1 aromatic rings. The Morgan fingerprint density at radius 2 is 2.18 bits per heavy atom. The summed E-state index contributed by atoms with van der Waals surface area (Å²) in [4.78, 5) is 0. The maximum Gasteiger partial charge on any atom is 0.182 e. The van der Waals surface area contributed by atoms with Gasteiger partial charge in [-0.15, -0.1) is 0 Å². The first-order valence-electron chi connectivity index (χ1n) is 5.52. The first-order chi connectivity index (χ1) is 8.19. The minimum Gasteiger partial charge on any atom is -0.493 e. The van der Waals surface area contributed by atoms with E-state index in [-0.39, 0.29) is 16.8 Å². The molecule has 5 heteroatoms. The van der Waals surface area contributed by atoms with Crippen LogP contribution >= 0.6 is 11.6 Å². The second kappa shape index (κ2) is 5.10. The van der Waals surface area contributed by atoms with E-state index in [9.17, 15) is 4.39 Å². The molecule has 1 aliphatic rings. The normalized spacial score (nSPS) is 19.4. The molecule has 1 aliphatic heterocycles. The maximum atomic E-state index is 14.1. The van der Waals surface area contributed by atoms with Crippen LogP contribution in [0.4, 0.5) is 4.39 Å². The third-order valence-electron chi connectivity index (χ3n) is 3.02. The Morgan fingerprint density at radius 1 is 1.41 bits per heavy atom. The smallest absolute Gasteiger partial charge is 0.182 e. The highest BCUT2D eigenvalue weighted by Crippen LogP contribution is 2.41. The molecule has 0 saturated carbocycles. The van der Waals surface area contributed by atoms with Gasteiger partial charge in [0.25, 0.3) is 0 Å². The van der Waals surface area contributed by atoms with Crippen molar-refractivity contribution in [1.29, 1.82) is 0 Å². The minimum absolute atomic E-state index is 0.00676. The molecule has 0 radical (unpaired) electrons. The van der Waals surface area contributed by atoms with Crippen LogP contribution in [0.15, 0.2) is 6.07 Å². The Labute approximate surface area is 105 Å². The second-order valence-corrected chi connectivity index (χ2v) is 4.36. The Kier molecular flexibility index (Phi) is 3.74. The van der Waals surface area contributed by atoms with Crippen LogP contribution in [0.5, 0.6) is 11.5 Å². The molecule has 1 heterocycles. The van der Waals surface area contributed by atoms with Crippen LogP contribution in [0.3, 0.4) is 0 Å². The molecule has 94 valence electrons. The van der Waals surface area contributed by atoms with Gasteiger partial charge in [-0.1, -0.05) is 11.6 Å². The van der Waals surface area contributed by atoms with Crippen molar-refractivity contribution in [3.8, 4) is 11.5 Å². The van der Waals surface area contributed by atoms with Gasteiger partial charge >= 0.3 is 0 Å². The van der Waals surface area contributed by atoms with Crippen molar-refractivity contribution in [2.45, 2.75) is 18.9 Å². The Hall–Kier alpha value is -1.00. The third kappa shape index (κ3) is 2.19. The average Bonchev–Trinajstić information content (AvgIpc) is 2.85. The van der Waals surface area contributed by atoms with Gasteiger partial charge in [0.05, 0.1) is 14.2 Å². The van der Waals surface area contributed by atoms with Crippen molar-refractivity contribution in [1.82, 2.24) is 5.32 Å². The largest absolute Gasteiger partial charge is 0.493 e. The van der Waals surface area contributed by atoms with Gasteiger partial charge < -0.3 is 14.8 Å². The highest BCUT2D eigenvalue weighted by atomic mass is 35.5. The Morgan fingerprint density at radius 3 is 2.71 bits per heavy atom. The van der Waals surface area contributed by atoms with Crippen LogP contribution in [0.2, 0.25) is 5.02 Å². The summed E-state index contributed by atoms with van der Waals surface area (Å²) in [6, 6.07) is 1.66. The van der Waals surface area contributed by atoms with Crippen molar-refractivity contribution in [2.75, 3.05) is 20.8 Å². The zero-order chi connectivity index (χ0) is 12.4. The van der Waals surface area contributed by atoms with E-state index in [0.29, 0.717) is 11.3 Å². The molecule has 2 rings (SSSR count). The molecule has 0 spiro atoms. The molecule has 17 heavy (non-hydrogen) atoms. The summed E-state index contributed by atoms with van der Waals surface area (Å²) in [5.74, 6) is 0.278. The molecule has 0 amide bonds. The van der Waals surface area contributed by atoms with Crippen LogP contribution in [0, 0.1) is 5.82 Å². The molecule has 1 unspecified atom stereocenters. The summed E-state index contributed by atoms with van der Waals surface area (Å²) >= 11 is 5.95. The predicted molar refractivity (Wildman–Crippen MR) is 64.5 cm³/mol. The number of benzene rings is 1. The molecular weight excluding hydrogens is 245 g/mol. The first-order valence-corrected chi connectivity index (χ1v) is 5.90. The molecular formula is C12H15ClFNO2. The van der Waals surface area contributed by atoms with Crippen LogP contribution in [0.25, 0.3) is 0 Å². The molecule has 3 nitrogen and oxygen atoms in total. The monoisotopic (exact) mass is 259 g/mol. The highest BCUT2D eigenvalue weighted by Gasteiger charge is 2.25. The highest BCUT2D eigenvalue weighted by molar-refractivity contribution is 6.32. The average molecular weight is 260 g/mol. The van der Waals surface area contributed by atoms with Gasteiger partial charge in [-0.3, -0.25) is 0 Å². The molecule has 1 N–H and O–H groups in total. The zero-order valence-electron chi connectivity index (χ0n) is 9.85. The molecule has 0 aliphatic carbocycles. The lowest BCUT2D eigenvalue weighted by atomic mass is 10.0. The van der Waals surface area contributed by atoms with E-state index in [2.05, 4.69) is 5.32 Å². The molecule has 0 aromatic heterocycles. The first kappa shape index (κ1) is 12.5. The maximum absolute atomic E-state index is 14.1. The topological polar surface area (TPSA) is 30.5 Å². The van der Waals surface area contributed by atoms with Crippen LogP contribution < -0.4 is 14.8 Å². The van der Waals surface area contributed by atoms with Gasteiger partial charge in [-0.2, -0.15) is 0 Å². The van der Waals surface area contributed by atoms with Crippen molar-refractivity contribution in [3.05, 3.63) is 22.5 Å². The van der Waals surface area contributed by atoms with Gasteiger partial charge in [0.2, 0.25) is 0 Å². The summed E-state index contributed by atoms with van der Waals surface area (Å²) in [6.45, 7) is 0.899. The van der Waals surface area contributed by atoms with Gasteiger partial charge in [-0.25, -0.2) is 4.39 Å². The standard InChI is InChI=1S/C12H15ClFNO2/c1-16-9-6-7(8-4-3-5-15-8)11(14)10(13)12(9)17-2/h6,8,15H,3-5H2,1-2H3. The Balaban J connectivity index is 2.49. The number of rotatable bonds is 3. The lowest BCUT2D eigenvalue weighted by Crippen LogP contribution is -2.15. The predicted octanol–water partition coefficient (Wildman–Crippen LogP) is 2.92. The van der Waals surface area contributed by atoms with Crippen molar-refractivity contribution in [3.63, 3.8) is 0 Å². The molecule has 1 saturated heterocycles. The van der Waals surface area contributed by atoms with Crippen molar-refractivity contribution < 1.29 is 13.9 Å². The number of nitrogens with one attached hydrogen (secondary N) is 1. The van der Waals surface area contributed by atoms with E-state index in [1.165, 1.54) is 14.2 Å². The quantitative estimate of drug-likeness (QED) is 0.905. The number of halogens is 2. The van der Waals surface area contributed by atoms with Crippen molar-refractivity contribution in [2.24, 2.45) is 0 Å². The van der Waals surface area contributed by atoms with Crippen LogP contribution in [-0.2, 0) is 0 Å². The minimum atomic E-state index is -0.427. The fourth-order valence-electron chi connectivity index (χ4n) is 2.15. The second-order valence-electron chi connectivity index (χ2n) is 3.98. The molecule has 0 bridgehead atoms. The van der Waals surface area contributed by atoms with E-state index in [1.807, 2.05) is 0 Å². The lowest BCUT2D eigenvalue weighted by molar-refractivity contribution is 0.351. The SMILES string of the molecule is COc1cc(C2CCCN2)c(F)c(Cl)c1OC. The van der Waals surface area contributed by atoms with Gasteiger partial charge in [0, 0.05) is 11.6 Å². The van der Waals surface area contributed by atoms with Gasteiger partial charge in [0.1, 0.15) is 5.02 Å². The van der Waals surface area contributed by atoms with Gasteiger partial charge in [0.15, 0.2) is 17.3 Å². The summed E-state index contributed by atoms with van der Waals surface area (Å²) in [6.07, 6.45) is 1.94. The van der Waals surface area contributed by atoms with E-state index in [4.69, 9.17) is 21.1 Å². The van der Waals surface area contributed by atoms with E-state index < -0.39 is 5.82 Å². The Bertz CT molecular complexity index is 419. The fraction of sp³-hybridized carbons (Fsp3) is 0.500. The number of hydrogen-bond donors (Lipinski definition) is 1. The van der Waals surface area contributed by atoms with E-state index in [0.717, 1.165) is 19.4 Å². The number of methoxy groups -OCH3 is 2. The molecule has 1 fully saturated rings. The van der Waals surface area contributed by atoms with Crippen molar-refractivity contribution >= 4 is 11.6 Å². The number of hydrogen-bond acceptors (Lipinski definition) is 3. The van der Waals surface area contributed by atoms with Gasteiger partial charge in [-0.05, 0) is 25.5 Å². The number of ether oxygens (including phenoxy) is 2. The zero-order valence-corrected chi connectivity index (χ0v) is 10.6. The van der Waals surface area contributed by atoms with E-state index in [1.54, 1.807) is 6.07 Å². The van der Waals surface area contributed by atoms with Crippen LogP contribution in [-0.4, -0.2) is 20.8 Å². The molecule has 1 aromatic carbocycles. The third-order valence-corrected chi connectivity index (χ3v) is 3.35. The molecule has 1 atom stereocenters. The summed E-state index contributed by atoms with van der Waals surface area (Å²) in [5.41, 5.74) is 0.546. The lowest BCUT2D eigenvalue weighted by Gasteiger charge is -2.17. The fourth-order valence-corrected chi connectivity index (χ4v) is 2.43. The van der Waals surface area contributed by atoms with Crippen LogP contribution in [0.1, 0.15) is 24.4 Å². The summed E-state index contributed by atoms with van der Waals surface area (Å²) in [5, 5.41) is 3.22.